The number of rotatable bonds is 3. The van der Waals surface area contributed by atoms with E-state index in [-0.39, 0.29) is 5.41 Å². The summed E-state index contributed by atoms with van der Waals surface area (Å²) in [4.78, 5) is 17.6. The minimum Gasteiger partial charge on any atom is -0.342 e. The van der Waals surface area contributed by atoms with Crippen molar-refractivity contribution < 1.29 is 4.79 Å². The van der Waals surface area contributed by atoms with Crippen LogP contribution in [0.5, 0.6) is 0 Å². The predicted octanol–water partition coefficient (Wildman–Crippen LogP) is 2.90. The molecule has 2 aliphatic heterocycles. The lowest BCUT2D eigenvalue weighted by molar-refractivity contribution is -0.140. The fourth-order valence-electron chi connectivity index (χ4n) is 4.21. The SMILES string of the molecule is CC(C)C1(C(=O)N2CCC(N3CCCCC3)CC2)CC1. The van der Waals surface area contributed by atoms with Crippen LogP contribution in [-0.2, 0) is 4.79 Å². The summed E-state index contributed by atoms with van der Waals surface area (Å²) in [5.41, 5.74) is 0.0258. The zero-order valence-corrected chi connectivity index (χ0v) is 13.2. The highest BCUT2D eigenvalue weighted by Crippen LogP contribution is 2.53. The monoisotopic (exact) mass is 278 g/mol. The second kappa shape index (κ2) is 5.67. The van der Waals surface area contributed by atoms with E-state index in [2.05, 4.69) is 23.6 Å². The topological polar surface area (TPSA) is 23.6 Å². The number of carbonyl (C=O) groups excluding carboxylic acids is 1. The zero-order valence-electron chi connectivity index (χ0n) is 13.2. The molecule has 1 saturated carbocycles. The van der Waals surface area contributed by atoms with Crippen molar-refractivity contribution in [3.05, 3.63) is 0 Å². The summed E-state index contributed by atoms with van der Waals surface area (Å²) in [5, 5.41) is 0. The van der Waals surface area contributed by atoms with Gasteiger partial charge in [0.05, 0.1) is 5.41 Å². The van der Waals surface area contributed by atoms with E-state index >= 15 is 0 Å². The van der Waals surface area contributed by atoms with Crippen LogP contribution < -0.4 is 0 Å². The van der Waals surface area contributed by atoms with Crippen molar-refractivity contribution in [2.45, 2.75) is 64.8 Å². The van der Waals surface area contributed by atoms with Crippen LogP contribution >= 0.6 is 0 Å². The van der Waals surface area contributed by atoms with Gasteiger partial charge in [-0.25, -0.2) is 0 Å². The quantitative estimate of drug-likeness (QED) is 0.792. The first-order valence-corrected chi connectivity index (χ1v) is 8.67. The number of amides is 1. The molecule has 0 radical (unpaired) electrons. The van der Waals surface area contributed by atoms with E-state index in [0.717, 1.165) is 32.0 Å². The third-order valence-corrected chi connectivity index (χ3v) is 5.98. The van der Waals surface area contributed by atoms with Crippen molar-refractivity contribution in [2.75, 3.05) is 26.2 Å². The maximum Gasteiger partial charge on any atom is 0.229 e. The Balaban J connectivity index is 1.52. The minimum atomic E-state index is 0.0258. The van der Waals surface area contributed by atoms with E-state index in [9.17, 15) is 4.79 Å². The standard InChI is InChI=1S/C17H30N2O/c1-14(2)17(8-9-17)16(20)19-12-6-15(7-13-19)18-10-4-3-5-11-18/h14-15H,3-13H2,1-2H3. The molecule has 2 saturated heterocycles. The van der Waals surface area contributed by atoms with Gasteiger partial charge in [0.2, 0.25) is 5.91 Å². The van der Waals surface area contributed by atoms with Crippen LogP contribution in [0.15, 0.2) is 0 Å². The highest BCUT2D eigenvalue weighted by molar-refractivity contribution is 5.85. The Morgan fingerprint density at radius 1 is 1.00 bits per heavy atom. The Hall–Kier alpha value is -0.570. The van der Waals surface area contributed by atoms with Gasteiger partial charge in [0.1, 0.15) is 0 Å². The molecule has 1 amide bonds. The summed E-state index contributed by atoms with van der Waals surface area (Å²) < 4.78 is 0. The van der Waals surface area contributed by atoms with Gasteiger partial charge >= 0.3 is 0 Å². The molecule has 3 nitrogen and oxygen atoms in total. The van der Waals surface area contributed by atoms with Gasteiger partial charge in [-0.2, -0.15) is 0 Å². The highest BCUT2D eigenvalue weighted by atomic mass is 16.2. The summed E-state index contributed by atoms with van der Waals surface area (Å²) in [5.74, 6) is 0.972. The van der Waals surface area contributed by atoms with Crippen molar-refractivity contribution in [1.82, 2.24) is 9.80 Å². The van der Waals surface area contributed by atoms with Crippen LogP contribution in [0.2, 0.25) is 0 Å². The smallest absolute Gasteiger partial charge is 0.229 e. The number of nitrogens with zero attached hydrogens (tertiary/aromatic N) is 2. The van der Waals surface area contributed by atoms with Crippen molar-refractivity contribution in [3.8, 4) is 0 Å². The summed E-state index contributed by atoms with van der Waals surface area (Å²) in [6.07, 6.45) is 8.78. The Morgan fingerprint density at radius 3 is 2.10 bits per heavy atom. The van der Waals surface area contributed by atoms with Crippen LogP contribution in [0.3, 0.4) is 0 Å². The van der Waals surface area contributed by atoms with Crippen LogP contribution in [0, 0.1) is 11.3 Å². The zero-order chi connectivity index (χ0) is 14.2. The number of hydrogen-bond acceptors (Lipinski definition) is 2. The van der Waals surface area contributed by atoms with E-state index < -0.39 is 0 Å². The van der Waals surface area contributed by atoms with Gasteiger partial charge in [-0.05, 0) is 57.5 Å². The molecule has 3 aliphatic rings. The minimum absolute atomic E-state index is 0.0258. The average Bonchev–Trinajstić information content (AvgIpc) is 3.29. The molecule has 0 aromatic rings. The van der Waals surface area contributed by atoms with Gasteiger partial charge in [0.15, 0.2) is 0 Å². The first-order chi connectivity index (χ1) is 9.63. The van der Waals surface area contributed by atoms with Crippen LogP contribution in [0.25, 0.3) is 0 Å². The number of likely N-dealkylation sites (tertiary alicyclic amines) is 2. The van der Waals surface area contributed by atoms with Crippen LogP contribution in [0.1, 0.15) is 58.8 Å². The molecule has 0 atom stereocenters. The number of piperidine rings is 2. The highest BCUT2D eigenvalue weighted by Gasteiger charge is 2.53. The maximum atomic E-state index is 12.7. The van der Waals surface area contributed by atoms with Gasteiger partial charge < -0.3 is 9.80 Å². The van der Waals surface area contributed by atoms with Gasteiger partial charge in [-0.1, -0.05) is 20.3 Å². The van der Waals surface area contributed by atoms with Gasteiger partial charge in [-0.15, -0.1) is 0 Å². The molecule has 20 heavy (non-hydrogen) atoms. The van der Waals surface area contributed by atoms with Crippen molar-refractivity contribution in [1.29, 1.82) is 0 Å². The summed E-state index contributed by atoms with van der Waals surface area (Å²) in [6.45, 7) is 8.99. The van der Waals surface area contributed by atoms with Gasteiger partial charge in [-0.3, -0.25) is 4.79 Å². The molecule has 114 valence electrons. The average molecular weight is 278 g/mol. The van der Waals surface area contributed by atoms with Crippen molar-refractivity contribution >= 4 is 5.91 Å². The van der Waals surface area contributed by atoms with E-state index in [1.807, 2.05) is 0 Å². The largest absolute Gasteiger partial charge is 0.342 e. The molecular weight excluding hydrogens is 248 g/mol. The summed E-state index contributed by atoms with van der Waals surface area (Å²) in [6, 6.07) is 0.744. The molecular formula is C17H30N2O. The Bertz CT molecular complexity index is 348. The maximum absolute atomic E-state index is 12.7. The molecule has 3 fully saturated rings. The number of carbonyl (C=O) groups is 1. The lowest BCUT2D eigenvalue weighted by Crippen LogP contribution is -2.50. The molecule has 0 aromatic heterocycles. The van der Waals surface area contributed by atoms with Gasteiger partial charge in [0, 0.05) is 19.1 Å². The molecule has 1 aliphatic carbocycles. The molecule has 3 heteroatoms. The first-order valence-electron chi connectivity index (χ1n) is 8.67. The third kappa shape index (κ3) is 2.61. The molecule has 0 aromatic carbocycles. The molecule has 0 unspecified atom stereocenters. The molecule has 0 spiro atoms. The van der Waals surface area contributed by atoms with E-state index in [4.69, 9.17) is 0 Å². The molecule has 2 heterocycles. The summed E-state index contributed by atoms with van der Waals surface area (Å²) >= 11 is 0. The van der Waals surface area contributed by atoms with Crippen LogP contribution in [-0.4, -0.2) is 47.9 Å². The number of hydrogen-bond donors (Lipinski definition) is 0. The third-order valence-electron chi connectivity index (χ3n) is 5.98. The van der Waals surface area contributed by atoms with E-state index in [0.29, 0.717) is 11.8 Å². The van der Waals surface area contributed by atoms with Crippen LogP contribution in [0.4, 0.5) is 0 Å². The fourth-order valence-corrected chi connectivity index (χ4v) is 4.21. The lowest BCUT2D eigenvalue weighted by Gasteiger charge is -2.41. The fraction of sp³-hybridized carbons (Fsp3) is 0.941. The lowest BCUT2D eigenvalue weighted by atomic mass is 9.89. The predicted molar refractivity (Wildman–Crippen MR) is 81.5 cm³/mol. The molecule has 0 bridgehead atoms. The van der Waals surface area contributed by atoms with E-state index in [1.54, 1.807) is 0 Å². The van der Waals surface area contributed by atoms with Crippen molar-refractivity contribution in [3.63, 3.8) is 0 Å². The second-order valence-corrected chi connectivity index (χ2v) is 7.43. The summed E-state index contributed by atoms with van der Waals surface area (Å²) in [7, 11) is 0. The molecule has 3 rings (SSSR count). The Morgan fingerprint density at radius 2 is 1.60 bits per heavy atom. The normalized spacial score (nSPS) is 27.9. The Kier molecular flexibility index (Phi) is 4.07. The van der Waals surface area contributed by atoms with E-state index in [1.165, 1.54) is 45.2 Å². The van der Waals surface area contributed by atoms with Crippen molar-refractivity contribution in [2.24, 2.45) is 11.3 Å². The second-order valence-electron chi connectivity index (χ2n) is 7.43. The first kappa shape index (κ1) is 14.4. The molecule has 0 N–H and O–H groups in total. The van der Waals surface area contributed by atoms with Gasteiger partial charge in [0.25, 0.3) is 0 Å². The Labute approximate surface area is 123 Å².